The zero-order valence-electron chi connectivity index (χ0n) is 11.7. The minimum absolute atomic E-state index is 0.0551. The van der Waals surface area contributed by atoms with Crippen LogP contribution in [0.4, 0.5) is 17.2 Å². The van der Waals surface area contributed by atoms with Gasteiger partial charge in [0.05, 0.1) is 25.0 Å². The van der Waals surface area contributed by atoms with Gasteiger partial charge in [0.15, 0.2) is 5.82 Å². The van der Waals surface area contributed by atoms with Gasteiger partial charge in [0.2, 0.25) is 5.91 Å². The van der Waals surface area contributed by atoms with Crippen LogP contribution in [0.15, 0.2) is 30.5 Å². The van der Waals surface area contributed by atoms with Crippen molar-refractivity contribution in [3.8, 4) is 5.75 Å². The number of nitrogen functional groups attached to an aromatic ring is 2. The van der Waals surface area contributed by atoms with Gasteiger partial charge in [-0.15, -0.1) is 0 Å². The molecule has 116 valence electrons. The lowest BCUT2D eigenvalue weighted by atomic mass is 10.1. The fraction of sp³-hybridized carbons (Fsp3) is 0.143. The minimum Gasteiger partial charge on any atom is -0.508 e. The number of aliphatic hydroxyl groups is 1. The third kappa shape index (κ3) is 3.55. The number of nitrogens with two attached hydrogens (primary N) is 2. The van der Waals surface area contributed by atoms with Crippen LogP contribution in [0.5, 0.6) is 5.75 Å². The van der Waals surface area contributed by atoms with Gasteiger partial charge in [0, 0.05) is 17.3 Å². The highest BCUT2D eigenvalue weighted by Crippen LogP contribution is 2.20. The number of anilines is 3. The maximum Gasteiger partial charge on any atom is 0.249 e. The molecule has 8 nitrogen and oxygen atoms in total. The Hall–Kier alpha value is -3.00. The Bertz CT molecular complexity index is 708. The number of amides is 1. The van der Waals surface area contributed by atoms with Gasteiger partial charge < -0.3 is 27.0 Å². The van der Waals surface area contributed by atoms with Crippen LogP contribution in [-0.2, 0) is 11.3 Å². The van der Waals surface area contributed by atoms with Crippen molar-refractivity contribution in [1.29, 1.82) is 0 Å². The summed E-state index contributed by atoms with van der Waals surface area (Å²) >= 11 is 0. The van der Waals surface area contributed by atoms with E-state index in [2.05, 4.69) is 10.4 Å². The van der Waals surface area contributed by atoms with E-state index in [0.717, 1.165) is 0 Å². The highest BCUT2D eigenvalue weighted by atomic mass is 16.3. The topological polar surface area (TPSA) is 139 Å². The first-order valence-corrected chi connectivity index (χ1v) is 6.51. The number of benzene rings is 1. The molecule has 0 bridgehead atoms. The molecule has 8 heteroatoms. The third-order valence-corrected chi connectivity index (χ3v) is 2.91. The Balaban J connectivity index is 2.11. The van der Waals surface area contributed by atoms with Crippen LogP contribution in [0.1, 0.15) is 5.56 Å². The zero-order valence-corrected chi connectivity index (χ0v) is 11.7. The smallest absolute Gasteiger partial charge is 0.249 e. The molecule has 7 N–H and O–H groups in total. The Labute approximate surface area is 126 Å². The number of nitrogens with zero attached hydrogens (tertiary/aromatic N) is 2. The van der Waals surface area contributed by atoms with Gasteiger partial charge in [-0.05, 0) is 24.3 Å². The van der Waals surface area contributed by atoms with Crippen LogP contribution in [-0.4, -0.2) is 32.5 Å². The van der Waals surface area contributed by atoms with Crippen molar-refractivity contribution in [1.82, 2.24) is 9.78 Å². The van der Waals surface area contributed by atoms with E-state index in [-0.39, 0.29) is 18.9 Å². The molecule has 0 saturated carbocycles. The van der Waals surface area contributed by atoms with E-state index < -0.39 is 5.91 Å². The monoisotopic (exact) mass is 303 g/mol. The number of aromatic hydroxyl groups is 1. The maximum absolute atomic E-state index is 11.9. The third-order valence-electron chi connectivity index (χ3n) is 2.91. The molecule has 0 radical (unpaired) electrons. The minimum atomic E-state index is -0.436. The van der Waals surface area contributed by atoms with E-state index in [1.54, 1.807) is 6.07 Å². The molecule has 1 heterocycles. The second kappa shape index (κ2) is 6.64. The van der Waals surface area contributed by atoms with E-state index in [1.807, 2.05) is 0 Å². The summed E-state index contributed by atoms with van der Waals surface area (Å²) in [6.07, 6.45) is 4.14. The number of nitrogens with one attached hydrogen (secondary N) is 1. The van der Waals surface area contributed by atoms with Crippen LogP contribution in [0.25, 0.3) is 6.08 Å². The Morgan fingerprint density at radius 1 is 1.36 bits per heavy atom. The van der Waals surface area contributed by atoms with Crippen LogP contribution < -0.4 is 16.8 Å². The molecular weight excluding hydrogens is 286 g/mol. The van der Waals surface area contributed by atoms with Gasteiger partial charge in [-0.1, -0.05) is 0 Å². The summed E-state index contributed by atoms with van der Waals surface area (Å²) in [5.41, 5.74) is 12.7. The average Bonchev–Trinajstić information content (AvgIpc) is 2.82. The molecule has 0 fully saturated rings. The predicted octanol–water partition coefficient (Wildman–Crippen LogP) is 0.397. The van der Waals surface area contributed by atoms with Crippen LogP contribution in [0.3, 0.4) is 0 Å². The fourth-order valence-electron chi connectivity index (χ4n) is 1.83. The van der Waals surface area contributed by atoms with Crippen LogP contribution in [0, 0.1) is 0 Å². The first kappa shape index (κ1) is 15.4. The van der Waals surface area contributed by atoms with E-state index in [0.29, 0.717) is 22.8 Å². The summed E-state index contributed by atoms with van der Waals surface area (Å²) in [5.74, 6) is -0.0683. The van der Waals surface area contributed by atoms with E-state index in [9.17, 15) is 9.90 Å². The second-order valence-electron chi connectivity index (χ2n) is 4.53. The number of rotatable bonds is 5. The lowest BCUT2D eigenvalue weighted by molar-refractivity contribution is -0.111. The molecule has 2 aromatic rings. The molecule has 0 aliphatic heterocycles. The number of phenols is 1. The van der Waals surface area contributed by atoms with Crippen molar-refractivity contribution >= 4 is 29.2 Å². The van der Waals surface area contributed by atoms with Crippen molar-refractivity contribution in [2.45, 2.75) is 6.54 Å². The summed E-state index contributed by atoms with van der Waals surface area (Å²) < 4.78 is 1.39. The number of aromatic nitrogens is 2. The number of hydrogen-bond acceptors (Lipinski definition) is 6. The number of hydrogen-bond donors (Lipinski definition) is 5. The highest BCUT2D eigenvalue weighted by Gasteiger charge is 2.10. The summed E-state index contributed by atoms with van der Waals surface area (Å²) in [5, 5.41) is 24.9. The molecule has 2 rings (SSSR count). The second-order valence-corrected chi connectivity index (χ2v) is 4.53. The van der Waals surface area contributed by atoms with Crippen molar-refractivity contribution in [3.63, 3.8) is 0 Å². The fourth-order valence-corrected chi connectivity index (χ4v) is 1.83. The molecule has 0 saturated heterocycles. The maximum atomic E-state index is 11.9. The van der Waals surface area contributed by atoms with Crippen molar-refractivity contribution < 1.29 is 15.0 Å². The summed E-state index contributed by atoms with van der Waals surface area (Å²) in [6, 6.07) is 4.45. The highest BCUT2D eigenvalue weighted by molar-refractivity contribution is 6.03. The summed E-state index contributed by atoms with van der Waals surface area (Å²) in [6.45, 7) is 0.0929. The van der Waals surface area contributed by atoms with Gasteiger partial charge in [-0.2, -0.15) is 5.10 Å². The van der Waals surface area contributed by atoms with Crippen molar-refractivity contribution in [3.05, 3.63) is 36.0 Å². The Morgan fingerprint density at radius 3 is 2.86 bits per heavy atom. The molecule has 0 atom stereocenters. The number of phenolic OH excluding ortho intramolecular Hbond substituents is 1. The molecule has 0 unspecified atom stereocenters. The predicted molar refractivity (Wildman–Crippen MR) is 83.9 cm³/mol. The lowest BCUT2D eigenvalue weighted by Gasteiger charge is -2.07. The average molecular weight is 303 g/mol. The van der Waals surface area contributed by atoms with Crippen LogP contribution in [0.2, 0.25) is 0 Å². The normalized spacial score (nSPS) is 11.0. The first-order chi connectivity index (χ1) is 10.5. The zero-order chi connectivity index (χ0) is 16.1. The Kier molecular flexibility index (Phi) is 4.64. The molecule has 22 heavy (non-hydrogen) atoms. The molecule has 1 aromatic heterocycles. The molecule has 1 amide bonds. The van der Waals surface area contributed by atoms with Gasteiger partial charge in [0.25, 0.3) is 0 Å². The largest absolute Gasteiger partial charge is 0.508 e. The lowest BCUT2D eigenvalue weighted by Crippen LogP contribution is -2.15. The first-order valence-electron chi connectivity index (χ1n) is 6.51. The molecular formula is C14H17N5O3. The van der Waals surface area contributed by atoms with E-state index in [1.165, 1.54) is 35.2 Å². The van der Waals surface area contributed by atoms with Gasteiger partial charge in [-0.3, -0.25) is 4.79 Å². The van der Waals surface area contributed by atoms with Gasteiger partial charge >= 0.3 is 0 Å². The molecule has 0 aliphatic rings. The standard InChI is InChI=1S/C14H17N5O3/c15-11-3-2-10(21)7-9(11)1-4-13(22)18-14-12(16)8-17-19(14)5-6-20/h1-4,7-8,20-21H,5-6,15-16H2,(H,18,22). The SMILES string of the molecule is Nc1ccc(O)cc1C=CC(=O)Nc1c(N)cnn1CCO. The molecule has 1 aromatic carbocycles. The Morgan fingerprint density at radius 2 is 2.14 bits per heavy atom. The van der Waals surface area contributed by atoms with Crippen LogP contribution >= 0.6 is 0 Å². The quantitative estimate of drug-likeness (QED) is 0.308. The molecule has 0 spiro atoms. The molecule has 0 aliphatic carbocycles. The summed E-state index contributed by atoms with van der Waals surface area (Å²) in [4.78, 5) is 11.9. The number of carbonyl (C=O) groups is 1. The van der Waals surface area contributed by atoms with E-state index >= 15 is 0 Å². The van der Waals surface area contributed by atoms with E-state index in [4.69, 9.17) is 16.6 Å². The van der Waals surface area contributed by atoms with Crippen molar-refractivity contribution in [2.24, 2.45) is 0 Å². The van der Waals surface area contributed by atoms with Gasteiger partial charge in [-0.25, -0.2) is 4.68 Å². The summed E-state index contributed by atoms with van der Waals surface area (Å²) in [7, 11) is 0. The van der Waals surface area contributed by atoms with Crippen molar-refractivity contribution in [2.75, 3.05) is 23.4 Å². The number of aliphatic hydroxyl groups excluding tert-OH is 1. The van der Waals surface area contributed by atoms with Gasteiger partial charge in [0.1, 0.15) is 5.75 Å². The number of carbonyl (C=O) groups excluding carboxylic acids is 1.